The van der Waals surface area contributed by atoms with Crippen LogP contribution in [0.25, 0.3) is 0 Å². The molecule has 0 aliphatic rings. The van der Waals surface area contributed by atoms with Crippen LogP contribution in [0.2, 0.25) is 0 Å². The van der Waals surface area contributed by atoms with Crippen molar-refractivity contribution in [3.05, 3.63) is 0 Å². The van der Waals surface area contributed by atoms with Crippen LogP contribution in [0.1, 0.15) is 0 Å². The van der Waals surface area contributed by atoms with Gasteiger partial charge in [0.05, 0.1) is 0 Å². The second-order valence-electron chi connectivity index (χ2n) is 0.102. The predicted molar refractivity (Wildman–Crippen MR) is 8.41 cm³/mol. The topological polar surface area (TPSA) is 40.9 Å². The van der Waals surface area contributed by atoms with Gasteiger partial charge in [-0.15, -0.1) is 0 Å². The fourth-order valence-electron chi connectivity index (χ4n) is 0. The molecule has 0 unspecified atom stereocenters. The van der Waals surface area contributed by atoms with Crippen LogP contribution in [0.4, 0.5) is 0 Å². The van der Waals surface area contributed by atoms with Gasteiger partial charge in [-0.1, -0.05) is 0 Å². The first-order chi connectivity index (χ1) is 1.41. The normalized spacial score (nSPS) is 2.00. The van der Waals surface area contributed by atoms with E-state index in [0.29, 0.717) is 0 Å². The van der Waals surface area contributed by atoms with Gasteiger partial charge in [0.2, 0.25) is 6.08 Å². The van der Waals surface area contributed by atoms with Crippen molar-refractivity contribution >= 4 is 6.08 Å². The van der Waals surface area contributed by atoms with Gasteiger partial charge in [-0.25, -0.2) is 10.2 Å². The molecule has 1 N–H and O–H groups in total. The summed E-state index contributed by atoms with van der Waals surface area (Å²) in [5.41, 5.74) is 0. The molecule has 0 bridgehead atoms. The maximum Gasteiger partial charge on any atom is 0.231 e. The zero-order chi connectivity index (χ0) is 2.71. The molecule has 0 amide bonds. The van der Waals surface area contributed by atoms with Crippen LogP contribution in [0.5, 0.6) is 0 Å². The molecule has 0 aromatic heterocycles. The molecule has 0 heterocycles. The van der Waals surface area contributed by atoms with E-state index in [2.05, 4.69) is 0 Å². The Bertz CT molecular complexity index is 29.0. The third-order valence-corrected chi connectivity index (χ3v) is 0. The zero-order valence-electron chi connectivity index (χ0n) is 1.72. The number of isocyanates is 1. The molecular formula is CHNNiO. The summed E-state index contributed by atoms with van der Waals surface area (Å²) in [7, 11) is 0. The van der Waals surface area contributed by atoms with Crippen molar-refractivity contribution < 1.29 is 21.3 Å². The monoisotopic (exact) mass is 101 g/mol. The molecule has 0 saturated heterocycles. The zero-order valence-corrected chi connectivity index (χ0v) is 2.71. The number of hydrogen-bond acceptors (Lipinski definition) is 2. The fourth-order valence-corrected chi connectivity index (χ4v) is 0. The van der Waals surface area contributed by atoms with Crippen molar-refractivity contribution in [1.82, 2.24) is 0 Å². The van der Waals surface area contributed by atoms with Gasteiger partial charge in [-0.3, -0.25) is 0 Å². The van der Waals surface area contributed by atoms with Crippen molar-refractivity contribution in [3.63, 3.8) is 0 Å². The summed E-state index contributed by atoms with van der Waals surface area (Å²) < 4.78 is 0. The molecule has 0 radical (unpaired) electrons. The SMILES string of the molecule is N=C=O.[Ni]. The Morgan fingerprint density at radius 3 is 1.75 bits per heavy atom. The Balaban J connectivity index is 0. The van der Waals surface area contributed by atoms with E-state index >= 15 is 0 Å². The van der Waals surface area contributed by atoms with Crippen LogP contribution >= 0.6 is 0 Å². The fraction of sp³-hybridized carbons (Fsp3) is 0. The summed E-state index contributed by atoms with van der Waals surface area (Å²) in [6.45, 7) is 0. The van der Waals surface area contributed by atoms with Gasteiger partial charge >= 0.3 is 0 Å². The molecule has 0 rings (SSSR count). The third-order valence-electron chi connectivity index (χ3n) is 0. The minimum absolute atomic E-state index is 0. The predicted octanol–water partition coefficient (Wildman–Crippen LogP) is -0.102. The molecule has 26 valence electrons. The van der Waals surface area contributed by atoms with Gasteiger partial charge in [-0.2, -0.15) is 0 Å². The van der Waals surface area contributed by atoms with Crippen molar-refractivity contribution in [2.75, 3.05) is 0 Å². The van der Waals surface area contributed by atoms with Crippen LogP contribution in [0.15, 0.2) is 0 Å². The van der Waals surface area contributed by atoms with Crippen LogP contribution in [-0.4, -0.2) is 6.08 Å². The molecule has 3 heteroatoms. The molecule has 2 nitrogen and oxygen atoms in total. The van der Waals surface area contributed by atoms with E-state index in [4.69, 9.17) is 10.2 Å². The van der Waals surface area contributed by atoms with Crippen LogP contribution in [0.3, 0.4) is 0 Å². The minimum Gasteiger partial charge on any atom is -0.222 e. The summed E-state index contributed by atoms with van der Waals surface area (Å²) in [6.07, 6.45) is 0.750. The van der Waals surface area contributed by atoms with Gasteiger partial charge in [-0.05, 0) is 0 Å². The minimum atomic E-state index is 0. The van der Waals surface area contributed by atoms with E-state index in [1.54, 1.807) is 0 Å². The van der Waals surface area contributed by atoms with Crippen molar-refractivity contribution in [1.29, 1.82) is 5.41 Å². The van der Waals surface area contributed by atoms with Crippen LogP contribution in [0, 0.1) is 5.41 Å². The Kier molecular flexibility index (Phi) is 30.1. The Morgan fingerprint density at radius 2 is 1.75 bits per heavy atom. The van der Waals surface area contributed by atoms with E-state index in [1.807, 2.05) is 0 Å². The van der Waals surface area contributed by atoms with E-state index in [0.717, 1.165) is 6.08 Å². The summed E-state index contributed by atoms with van der Waals surface area (Å²) >= 11 is 0. The van der Waals surface area contributed by atoms with E-state index < -0.39 is 0 Å². The Labute approximate surface area is 33.6 Å². The second-order valence-corrected chi connectivity index (χ2v) is 0.102. The van der Waals surface area contributed by atoms with E-state index in [-0.39, 0.29) is 16.5 Å². The van der Waals surface area contributed by atoms with Crippen molar-refractivity contribution in [2.24, 2.45) is 0 Å². The maximum absolute atomic E-state index is 8.35. The standard InChI is InChI=1S/CHNO.Ni/c2-1-3;/h2H;. The van der Waals surface area contributed by atoms with Gasteiger partial charge in [0, 0.05) is 16.5 Å². The first-order valence-electron chi connectivity index (χ1n) is 0.454. The second kappa shape index (κ2) is 13.2. The average molecular weight is 102 g/mol. The van der Waals surface area contributed by atoms with Gasteiger partial charge in [0.1, 0.15) is 0 Å². The average Bonchev–Trinajstić information content (AvgIpc) is 0.918. The van der Waals surface area contributed by atoms with Gasteiger partial charge in [0.25, 0.3) is 0 Å². The quantitative estimate of drug-likeness (QED) is 0.259. The molecule has 0 spiro atoms. The van der Waals surface area contributed by atoms with Gasteiger partial charge < -0.3 is 0 Å². The van der Waals surface area contributed by atoms with Crippen LogP contribution in [-0.2, 0) is 21.3 Å². The summed E-state index contributed by atoms with van der Waals surface area (Å²) in [6, 6.07) is 0. The van der Waals surface area contributed by atoms with Gasteiger partial charge in [0.15, 0.2) is 0 Å². The molecule has 0 saturated carbocycles. The summed E-state index contributed by atoms with van der Waals surface area (Å²) in [4.78, 5) is 8.35. The Morgan fingerprint density at radius 1 is 1.75 bits per heavy atom. The molecule has 4 heavy (non-hydrogen) atoms. The first-order valence-corrected chi connectivity index (χ1v) is 0.454. The van der Waals surface area contributed by atoms with Crippen molar-refractivity contribution in [2.45, 2.75) is 0 Å². The molecule has 0 atom stereocenters. The maximum atomic E-state index is 8.35. The number of carbonyl (C=O) groups excluding carboxylic acids is 1. The third kappa shape index (κ3) is 89.3. The van der Waals surface area contributed by atoms with Crippen molar-refractivity contribution in [3.8, 4) is 0 Å². The molecule has 0 aromatic rings. The largest absolute Gasteiger partial charge is 0.231 e. The number of rotatable bonds is 0. The number of hydrogen-bond donors (Lipinski definition) is 1. The first kappa shape index (κ1) is 9.11. The van der Waals surface area contributed by atoms with Crippen LogP contribution < -0.4 is 0 Å². The summed E-state index contributed by atoms with van der Waals surface area (Å²) in [5, 5.41) is 5.40. The molecule has 0 fully saturated rings. The smallest absolute Gasteiger partial charge is 0.222 e. The molecule has 0 aliphatic carbocycles. The number of nitrogens with one attached hydrogen (secondary N) is 1. The molecule has 0 aromatic carbocycles. The van der Waals surface area contributed by atoms with E-state index in [9.17, 15) is 0 Å². The summed E-state index contributed by atoms with van der Waals surface area (Å²) in [5.74, 6) is 0. The molecule has 0 aliphatic heterocycles. The van der Waals surface area contributed by atoms with E-state index in [1.165, 1.54) is 0 Å². The Hall–Kier alpha value is -0.126. The molecular weight excluding hydrogens is 101 g/mol.